The van der Waals surface area contributed by atoms with Crippen LogP contribution < -0.4 is 5.32 Å². The SMILES string of the molecule is Fc1cccc(C2C[C@H](F)CN2)c1. The minimum atomic E-state index is -0.798. The van der Waals surface area contributed by atoms with Crippen molar-refractivity contribution in [3.05, 3.63) is 35.6 Å². The molecule has 70 valence electrons. The van der Waals surface area contributed by atoms with Crippen LogP contribution in [0.4, 0.5) is 8.78 Å². The summed E-state index contributed by atoms with van der Waals surface area (Å²) in [6.07, 6.45) is -0.350. The van der Waals surface area contributed by atoms with E-state index in [0.29, 0.717) is 13.0 Å². The fourth-order valence-corrected chi connectivity index (χ4v) is 1.67. The van der Waals surface area contributed by atoms with E-state index in [-0.39, 0.29) is 11.9 Å². The van der Waals surface area contributed by atoms with Crippen LogP contribution in [0.3, 0.4) is 0 Å². The summed E-state index contributed by atoms with van der Waals surface area (Å²) < 4.78 is 25.6. The highest BCUT2D eigenvalue weighted by Crippen LogP contribution is 2.25. The van der Waals surface area contributed by atoms with Crippen LogP contribution in [0.2, 0.25) is 0 Å². The number of nitrogens with one attached hydrogen (secondary N) is 1. The predicted octanol–water partition coefficient (Wildman–Crippen LogP) is 2.20. The molecule has 1 saturated heterocycles. The van der Waals surface area contributed by atoms with E-state index in [0.717, 1.165) is 5.56 Å². The van der Waals surface area contributed by atoms with Crippen LogP contribution in [0, 0.1) is 5.82 Å². The van der Waals surface area contributed by atoms with E-state index in [1.807, 2.05) is 6.07 Å². The van der Waals surface area contributed by atoms with Crippen LogP contribution in [0.15, 0.2) is 24.3 Å². The second kappa shape index (κ2) is 3.42. The molecular formula is C10H11F2N. The molecule has 0 amide bonds. The number of alkyl halides is 1. The summed E-state index contributed by atoms with van der Waals surface area (Å²) in [5.41, 5.74) is 0.833. The molecule has 1 aromatic rings. The monoisotopic (exact) mass is 183 g/mol. The second-order valence-electron chi connectivity index (χ2n) is 3.35. The van der Waals surface area contributed by atoms with Crippen LogP contribution >= 0.6 is 0 Å². The van der Waals surface area contributed by atoms with Gasteiger partial charge in [-0.1, -0.05) is 12.1 Å². The third-order valence-electron chi connectivity index (χ3n) is 2.33. The van der Waals surface area contributed by atoms with E-state index in [1.165, 1.54) is 12.1 Å². The van der Waals surface area contributed by atoms with E-state index < -0.39 is 6.17 Å². The molecule has 0 radical (unpaired) electrons. The third-order valence-corrected chi connectivity index (χ3v) is 2.33. The van der Waals surface area contributed by atoms with Crippen LogP contribution in [-0.2, 0) is 0 Å². The summed E-state index contributed by atoms with van der Waals surface area (Å²) >= 11 is 0. The van der Waals surface area contributed by atoms with Gasteiger partial charge in [-0.25, -0.2) is 8.78 Å². The summed E-state index contributed by atoms with van der Waals surface area (Å²) in [5.74, 6) is -0.262. The highest BCUT2D eigenvalue weighted by atomic mass is 19.1. The van der Waals surface area contributed by atoms with E-state index in [1.54, 1.807) is 6.07 Å². The van der Waals surface area contributed by atoms with Gasteiger partial charge in [0, 0.05) is 12.6 Å². The van der Waals surface area contributed by atoms with E-state index >= 15 is 0 Å². The Labute approximate surface area is 75.8 Å². The molecule has 1 N–H and O–H groups in total. The van der Waals surface area contributed by atoms with Crippen LogP contribution in [-0.4, -0.2) is 12.7 Å². The normalized spacial score (nSPS) is 27.8. The van der Waals surface area contributed by atoms with E-state index in [4.69, 9.17) is 0 Å². The van der Waals surface area contributed by atoms with Crippen molar-refractivity contribution in [2.24, 2.45) is 0 Å². The van der Waals surface area contributed by atoms with Crippen molar-refractivity contribution in [2.75, 3.05) is 6.54 Å². The molecule has 0 spiro atoms. The molecule has 1 unspecified atom stereocenters. The Morgan fingerprint density at radius 2 is 2.23 bits per heavy atom. The first-order valence-corrected chi connectivity index (χ1v) is 4.38. The first-order chi connectivity index (χ1) is 6.25. The third kappa shape index (κ3) is 1.86. The van der Waals surface area contributed by atoms with Gasteiger partial charge in [-0.15, -0.1) is 0 Å². The lowest BCUT2D eigenvalue weighted by Crippen LogP contribution is -2.13. The highest BCUT2D eigenvalue weighted by molar-refractivity contribution is 5.21. The first-order valence-electron chi connectivity index (χ1n) is 4.38. The Bertz CT molecular complexity index is 301. The average molecular weight is 183 g/mol. The van der Waals surface area contributed by atoms with Gasteiger partial charge >= 0.3 is 0 Å². The van der Waals surface area contributed by atoms with Crippen molar-refractivity contribution in [1.82, 2.24) is 5.32 Å². The zero-order chi connectivity index (χ0) is 9.26. The minimum absolute atomic E-state index is 0.0225. The predicted molar refractivity (Wildman–Crippen MR) is 46.7 cm³/mol. The molecule has 1 nitrogen and oxygen atoms in total. The van der Waals surface area contributed by atoms with Gasteiger partial charge in [-0.2, -0.15) is 0 Å². The summed E-state index contributed by atoms with van der Waals surface area (Å²) in [7, 11) is 0. The van der Waals surface area contributed by atoms with Crippen molar-refractivity contribution >= 4 is 0 Å². The number of hydrogen-bond acceptors (Lipinski definition) is 1. The van der Waals surface area contributed by atoms with Crippen LogP contribution in [0.25, 0.3) is 0 Å². The van der Waals surface area contributed by atoms with Crippen molar-refractivity contribution < 1.29 is 8.78 Å². The number of rotatable bonds is 1. The van der Waals surface area contributed by atoms with E-state index in [9.17, 15) is 8.78 Å². The molecule has 0 aliphatic carbocycles. The summed E-state index contributed by atoms with van der Waals surface area (Å²) in [6, 6.07) is 6.29. The molecule has 1 aromatic carbocycles. The lowest BCUT2D eigenvalue weighted by Gasteiger charge is -2.09. The molecule has 3 heteroatoms. The van der Waals surface area contributed by atoms with Gasteiger partial charge < -0.3 is 5.32 Å². The Kier molecular flexibility index (Phi) is 2.27. The van der Waals surface area contributed by atoms with Crippen LogP contribution in [0.1, 0.15) is 18.0 Å². The van der Waals surface area contributed by atoms with Gasteiger partial charge in [-0.3, -0.25) is 0 Å². The van der Waals surface area contributed by atoms with Gasteiger partial charge in [0.05, 0.1) is 0 Å². The number of halogens is 2. The van der Waals surface area contributed by atoms with Crippen molar-refractivity contribution in [1.29, 1.82) is 0 Å². The van der Waals surface area contributed by atoms with Crippen molar-refractivity contribution in [3.63, 3.8) is 0 Å². The molecule has 1 fully saturated rings. The standard InChI is InChI=1S/C10H11F2N/c11-8-3-1-2-7(4-8)10-5-9(12)6-13-10/h1-4,9-10,13H,5-6H2/t9-,10?/m0/s1. The van der Waals surface area contributed by atoms with Gasteiger partial charge in [0.1, 0.15) is 12.0 Å². The Morgan fingerprint density at radius 3 is 2.85 bits per heavy atom. The maximum absolute atomic E-state index is 12.8. The largest absolute Gasteiger partial charge is 0.307 e. The minimum Gasteiger partial charge on any atom is -0.307 e. The zero-order valence-corrected chi connectivity index (χ0v) is 7.13. The topological polar surface area (TPSA) is 12.0 Å². The molecular weight excluding hydrogens is 172 g/mol. The average Bonchev–Trinajstić information content (AvgIpc) is 2.52. The van der Waals surface area contributed by atoms with Gasteiger partial charge in [0.15, 0.2) is 0 Å². The summed E-state index contributed by atoms with van der Waals surface area (Å²) in [4.78, 5) is 0. The summed E-state index contributed by atoms with van der Waals surface area (Å²) in [6.45, 7) is 0.376. The fourth-order valence-electron chi connectivity index (χ4n) is 1.67. The highest BCUT2D eigenvalue weighted by Gasteiger charge is 2.24. The molecule has 0 saturated carbocycles. The maximum Gasteiger partial charge on any atom is 0.123 e. The van der Waals surface area contributed by atoms with Crippen LogP contribution in [0.5, 0.6) is 0 Å². The molecule has 2 rings (SSSR count). The van der Waals surface area contributed by atoms with Crippen molar-refractivity contribution in [2.45, 2.75) is 18.6 Å². The Morgan fingerprint density at radius 1 is 1.38 bits per heavy atom. The van der Waals surface area contributed by atoms with Gasteiger partial charge in [-0.05, 0) is 24.1 Å². The Hall–Kier alpha value is -0.960. The fraction of sp³-hybridized carbons (Fsp3) is 0.400. The lowest BCUT2D eigenvalue weighted by molar-refractivity contribution is 0.356. The van der Waals surface area contributed by atoms with Gasteiger partial charge in [0.25, 0.3) is 0 Å². The maximum atomic E-state index is 12.8. The molecule has 13 heavy (non-hydrogen) atoms. The van der Waals surface area contributed by atoms with Gasteiger partial charge in [0.2, 0.25) is 0 Å². The molecule has 1 heterocycles. The first kappa shape index (κ1) is 8.63. The lowest BCUT2D eigenvalue weighted by atomic mass is 10.1. The van der Waals surface area contributed by atoms with E-state index in [2.05, 4.69) is 5.32 Å². The smallest absolute Gasteiger partial charge is 0.123 e. The van der Waals surface area contributed by atoms with Crippen molar-refractivity contribution in [3.8, 4) is 0 Å². The number of benzene rings is 1. The molecule has 0 aromatic heterocycles. The zero-order valence-electron chi connectivity index (χ0n) is 7.13. The molecule has 2 atom stereocenters. The quantitative estimate of drug-likeness (QED) is 0.703. The second-order valence-corrected chi connectivity index (χ2v) is 3.35. The summed E-state index contributed by atoms with van der Waals surface area (Å²) in [5, 5.41) is 3.01. The molecule has 1 aliphatic heterocycles. The molecule has 1 aliphatic rings. The molecule has 0 bridgehead atoms. The Balaban J connectivity index is 2.16. The number of hydrogen-bond donors (Lipinski definition) is 1.